The maximum atomic E-state index is 12.1. The number of hydrogen-bond acceptors (Lipinski definition) is 4. The molecule has 32 heavy (non-hydrogen) atoms. The van der Waals surface area contributed by atoms with Crippen LogP contribution in [-0.4, -0.2) is 125 Å². The van der Waals surface area contributed by atoms with Crippen molar-refractivity contribution in [1.29, 1.82) is 0 Å². The van der Waals surface area contributed by atoms with Crippen molar-refractivity contribution in [2.75, 3.05) is 88.1 Å². The second-order valence-corrected chi connectivity index (χ2v) is 10.2. The average Bonchev–Trinajstić information content (AvgIpc) is 2.55. The van der Waals surface area contributed by atoms with Gasteiger partial charge in [-0.3, -0.25) is 14.5 Å². The van der Waals surface area contributed by atoms with Gasteiger partial charge in [0.1, 0.15) is 13.1 Å². The molecule has 0 saturated heterocycles. The van der Waals surface area contributed by atoms with Crippen LogP contribution in [0.15, 0.2) is 12.2 Å². The Morgan fingerprint density at radius 3 is 2.06 bits per heavy atom. The SMILES string of the molecule is C=C(C)C(=O)NCCCCN(C)CC(=O)NCCC[N+](C)(C)CC(O)C[N+](C)(C)C.[Cl-].[Cl-]. The smallest absolute Gasteiger partial charge is 0.246 e. The van der Waals surface area contributed by atoms with Crippen LogP contribution in [0.3, 0.4) is 0 Å². The first-order valence-electron chi connectivity index (χ1n) is 10.9. The van der Waals surface area contributed by atoms with Crippen molar-refractivity contribution in [3.05, 3.63) is 12.2 Å². The highest BCUT2D eigenvalue weighted by atomic mass is 35.5. The van der Waals surface area contributed by atoms with E-state index in [9.17, 15) is 14.7 Å². The van der Waals surface area contributed by atoms with Gasteiger partial charge in [0.15, 0.2) is 6.10 Å². The third-order valence-corrected chi connectivity index (χ3v) is 4.78. The fraction of sp³-hybridized carbons (Fsp3) is 0.818. The van der Waals surface area contributed by atoms with Crippen LogP contribution in [0.2, 0.25) is 0 Å². The minimum atomic E-state index is -0.336. The number of carbonyl (C=O) groups is 2. The van der Waals surface area contributed by atoms with Crippen molar-refractivity contribution in [3.63, 3.8) is 0 Å². The van der Waals surface area contributed by atoms with Crippen LogP contribution in [0.25, 0.3) is 0 Å². The highest BCUT2D eigenvalue weighted by molar-refractivity contribution is 5.91. The van der Waals surface area contributed by atoms with Crippen molar-refractivity contribution < 1.29 is 48.5 Å². The minimum absolute atomic E-state index is 0. The van der Waals surface area contributed by atoms with Crippen LogP contribution in [-0.2, 0) is 9.59 Å². The zero-order chi connectivity index (χ0) is 23.4. The van der Waals surface area contributed by atoms with E-state index in [1.165, 1.54) is 0 Å². The fourth-order valence-corrected chi connectivity index (χ4v) is 3.33. The monoisotopic (exact) mass is 499 g/mol. The number of quaternary nitrogens is 2. The molecule has 0 aromatic carbocycles. The molecule has 3 N–H and O–H groups in total. The summed E-state index contributed by atoms with van der Waals surface area (Å²) in [6.07, 6.45) is 2.33. The average molecular weight is 501 g/mol. The third-order valence-electron chi connectivity index (χ3n) is 4.78. The Balaban J connectivity index is -0.00000420. The van der Waals surface area contributed by atoms with Gasteiger partial charge >= 0.3 is 0 Å². The van der Waals surface area contributed by atoms with Crippen molar-refractivity contribution in [1.82, 2.24) is 15.5 Å². The van der Waals surface area contributed by atoms with E-state index in [0.29, 0.717) is 31.8 Å². The molecule has 10 heteroatoms. The van der Waals surface area contributed by atoms with E-state index in [4.69, 9.17) is 0 Å². The lowest BCUT2D eigenvalue weighted by atomic mass is 10.2. The molecule has 1 atom stereocenters. The number of hydrogen-bond donors (Lipinski definition) is 3. The number of likely N-dealkylation sites (N-methyl/N-ethyl adjacent to an activating group) is 3. The summed E-state index contributed by atoms with van der Waals surface area (Å²) >= 11 is 0. The van der Waals surface area contributed by atoms with E-state index in [-0.39, 0.29) is 42.7 Å². The Hall–Kier alpha value is -0.900. The fourth-order valence-electron chi connectivity index (χ4n) is 3.33. The molecule has 0 heterocycles. The summed E-state index contributed by atoms with van der Waals surface area (Å²) in [7, 11) is 12.4. The van der Waals surface area contributed by atoms with Gasteiger partial charge in [-0.1, -0.05) is 6.58 Å². The summed E-state index contributed by atoms with van der Waals surface area (Å²) in [5.41, 5.74) is 0.520. The van der Waals surface area contributed by atoms with Crippen LogP contribution in [0, 0.1) is 0 Å². The number of carbonyl (C=O) groups excluding carboxylic acids is 2. The van der Waals surface area contributed by atoms with Crippen molar-refractivity contribution in [3.8, 4) is 0 Å². The lowest BCUT2D eigenvalue weighted by molar-refractivity contribution is -0.907. The number of unbranched alkanes of at least 4 members (excludes halogenated alkanes) is 1. The van der Waals surface area contributed by atoms with Gasteiger partial charge in [0.25, 0.3) is 0 Å². The van der Waals surface area contributed by atoms with Gasteiger partial charge in [0.05, 0.1) is 48.3 Å². The lowest BCUT2D eigenvalue weighted by Gasteiger charge is -2.34. The second kappa shape index (κ2) is 17.6. The van der Waals surface area contributed by atoms with Crippen LogP contribution in [0.5, 0.6) is 0 Å². The van der Waals surface area contributed by atoms with Crippen LogP contribution >= 0.6 is 0 Å². The van der Waals surface area contributed by atoms with Crippen molar-refractivity contribution in [2.45, 2.75) is 32.3 Å². The Bertz CT molecular complexity index is 554. The highest BCUT2D eigenvalue weighted by Crippen LogP contribution is 2.04. The number of rotatable bonds is 16. The van der Waals surface area contributed by atoms with Crippen LogP contribution < -0.4 is 35.4 Å². The minimum Gasteiger partial charge on any atom is -1.00 e. The summed E-state index contributed by atoms with van der Waals surface area (Å²) < 4.78 is 1.48. The maximum Gasteiger partial charge on any atom is 0.246 e. The van der Waals surface area contributed by atoms with Gasteiger partial charge in [-0.2, -0.15) is 0 Å². The molecule has 0 fully saturated rings. The Morgan fingerprint density at radius 2 is 1.53 bits per heavy atom. The lowest BCUT2D eigenvalue weighted by Crippen LogP contribution is -3.00. The zero-order valence-electron chi connectivity index (χ0n) is 21.2. The molecule has 192 valence electrons. The molecule has 0 aliphatic rings. The summed E-state index contributed by atoms with van der Waals surface area (Å²) in [5, 5.41) is 16.1. The zero-order valence-corrected chi connectivity index (χ0v) is 22.7. The number of amides is 2. The molecule has 1 unspecified atom stereocenters. The molecule has 0 aromatic heterocycles. The molecular weight excluding hydrogens is 453 g/mol. The van der Waals surface area contributed by atoms with Crippen LogP contribution in [0.1, 0.15) is 26.2 Å². The van der Waals surface area contributed by atoms with Gasteiger partial charge in [0.2, 0.25) is 11.8 Å². The summed E-state index contributed by atoms with van der Waals surface area (Å²) in [4.78, 5) is 25.5. The summed E-state index contributed by atoms with van der Waals surface area (Å²) in [5.74, 6) is -0.0733. The first kappa shape index (κ1) is 35.7. The third kappa shape index (κ3) is 21.0. The van der Waals surface area contributed by atoms with Crippen molar-refractivity contribution in [2.24, 2.45) is 0 Å². The van der Waals surface area contributed by atoms with Gasteiger partial charge in [-0.15, -0.1) is 0 Å². The molecule has 8 nitrogen and oxygen atoms in total. The normalized spacial score (nSPS) is 12.4. The molecular formula is C22H47Cl2N5O3. The first-order chi connectivity index (χ1) is 13.7. The van der Waals surface area contributed by atoms with Gasteiger partial charge < -0.3 is 49.5 Å². The number of nitrogens with zero attached hydrogens (tertiary/aromatic N) is 3. The van der Waals surface area contributed by atoms with Gasteiger partial charge in [-0.25, -0.2) is 0 Å². The summed E-state index contributed by atoms with van der Waals surface area (Å²) in [6.45, 7) is 10.1. The number of nitrogens with one attached hydrogen (secondary N) is 2. The number of aliphatic hydroxyl groups excluding tert-OH is 1. The molecule has 0 aliphatic heterocycles. The Labute approximate surface area is 208 Å². The number of halogens is 2. The second-order valence-electron chi connectivity index (χ2n) is 10.2. The molecule has 0 bridgehead atoms. The van der Waals surface area contributed by atoms with Crippen LogP contribution in [0.4, 0.5) is 0 Å². The molecule has 0 saturated carbocycles. The number of aliphatic hydroxyl groups is 1. The van der Waals surface area contributed by atoms with E-state index in [0.717, 1.165) is 47.9 Å². The Kier molecular flexibility index (Phi) is 19.6. The molecule has 0 radical (unpaired) electrons. The summed E-state index contributed by atoms with van der Waals surface area (Å²) in [6, 6.07) is 0. The van der Waals surface area contributed by atoms with E-state index in [2.05, 4.69) is 52.5 Å². The van der Waals surface area contributed by atoms with Gasteiger partial charge in [-0.05, 0) is 33.4 Å². The Morgan fingerprint density at radius 1 is 0.969 bits per heavy atom. The van der Waals surface area contributed by atoms with E-state index in [1.54, 1.807) is 6.92 Å². The first-order valence-corrected chi connectivity index (χ1v) is 10.9. The predicted octanol–water partition coefficient (Wildman–Crippen LogP) is -5.95. The largest absolute Gasteiger partial charge is 1.00 e. The van der Waals surface area contributed by atoms with E-state index in [1.807, 2.05) is 11.9 Å². The molecule has 0 aromatic rings. The maximum absolute atomic E-state index is 12.1. The molecule has 0 spiro atoms. The standard InChI is InChI=1S/C22H45N5O3.2ClH/c1-19(2)22(30)24-12-9-10-14-25(3)16-21(29)23-13-11-15-27(7,8)18-20(28)17-26(4,5)6;;/h20,28H,1,9-18H2,2-8H3;2*1H. The van der Waals surface area contributed by atoms with Gasteiger partial charge in [0, 0.05) is 25.1 Å². The van der Waals surface area contributed by atoms with E-state index < -0.39 is 0 Å². The topological polar surface area (TPSA) is 81.7 Å². The molecule has 0 rings (SSSR count). The molecule has 0 aliphatic carbocycles. The molecule has 2 amide bonds. The predicted molar refractivity (Wildman–Crippen MR) is 123 cm³/mol. The quantitative estimate of drug-likeness (QED) is 0.112. The highest BCUT2D eigenvalue weighted by Gasteiger charge is 2.24. The van der Waals surface area contributed by atoms with E-state index >= 15 is 0 Å². The van der Waals surface area contributed by atoms with Crippen molar-refractivity contribution >= 4 is 11.8 Å².